The van der Waals surface area contributed by atoms with Gasteiger partial charge in [0.25, 0.3) is 0 Å². The second kappa shape index (κ2) is 6.07. The lowest BCUT2D eigenvalue weighted by Gasteiger charge is -2.27. The number of alkyl halides is 2. The zero-order chi connectivity index (χ0) is 11.3. The van der Waals surface area contributed by atoms with Crippen LogP contribution >= 0.6 is 39.1 Å². The minimum absolute atomic E-state index is 0.0239. The van der Waals surface area contributed by atoms with Crippen LogP contribution in [-0.4, -0.2) is 16.7 Å². The van der Waals surface area contributed by atoms with Crippen LogP contribution in [0, 0.1) is 5.41 Å². The summed E-state index contributed by atoms with van der Waals surface area (Å²) in [6.07, 6.45) is 3.61. The maximum Gasteiger partial charge on any atom is 0.0413 e. The number of halogens is 3. The third-order valence-corrected chi connectivity index (χ3v) is 4.26. The van der Waals surface area contributed by atoms with Gasteiger partial charge in [-0.25, -0.2) is 0 Å². The molecule has 1 rings (SSSR count). The number of rotatable bonds is 5. The van der Waals surface area contributed by atoms with E-state index in [9.17, 15) is 0 Å². The number of nitrogens with zero attached hydrogens (tertiary/aromatic N) is 1. The Kier molecular flexibility index (Phi) is 5.37. The molecule has 0 aromatic carbocycles. The first-order chi connectivity index (χ1) is 7.15. The molecule has 1 nitrogen and oxygen atoms in total. The summed E-state index contributed by atoms with van der Waals surface area (Å²) in [6, 6.07) is 4.00. The van der Waals surface area contributed by atoms with Gasteiger partial charge in [0, 0.05) is 33.5 Å². The number of aromatic nitrogens is 1. The van der Waals surface area contributed by atoms with Gasteiger partial charge in [-0.1, -0.05) is 6.92 Å². The lowest BCUT2D eigenvalue weighted by Crippen LogP contribution is -2.27. The molecule has 0 radical (unpaired) electrons. The molecule has 0 saturated heterocycles. The van der Waals surface area contributed by atoms with Crippen LogP contribution in [-0.2, 0) is 6.42 Å². The van der Waals surface area contributed by atoms with Crippen LogP contribution in [0.5, 0.6) is 0 Å². The van der Waals surface area contributed by atoms with Crippen molar-refractivity contribution in [2.24, 2.45) is 5.41 Å². The van der Waals surface area contributed by atoms with Crippen LogP contribution in [0.15, 0.2) is 22.8 Å². The summed E-state index contributed by atoms with van der Waals surface area (Å²) < 4.78 is 0.991. The van der Waals surface area contributed by atoms with E-state index in [1.54, 1.807) is 6.20 Å². The predicted octanol–water partition coefficient (Wildman–Crippen LogP) is 4.26. The standard InChI is InChI=1S/C11H14BrCl2N/c1-2-11(7-13,8-14)5-10-4-3-9(12)6-15-10/h3-4,6H,2,5,7-8H2,1H3. The van der Waals surface area contributed by atoms with Gasteiger partial charge in [-0.05, 0) is 40.9 Å². The van der Waals surface area contributed by atoms with E-state index in [1.807, 2.05) is 12.1 Å². The first kappa shape index (κ1) is 13.3. The quantitative estimate of drug-likeness (QED) is 0.740. The molecule has 0 saturated carbocycles. The van der Waals surface area contributed by atoms with Crippen LogP contribution in [0.3, 0.4) is 0 Å². The second-order valence-corrected chi connectivity index (χ2v) is 5.22. The molecule has 1 aromatic rings. The van der Waals surface area contributed by atoms with Crippen LogP contribution < -0.4 is 0 Å². The van der Waals surface area contributed by atoms with E-state index in [0.717, 1.165) is 23.0 Å². The van der Waals surface area contributed by atoms with Crippen LogP contribution in [0.1, 0.15) is 19.0 Å². The molecule has 4 heteroatoms. The molecule has 0 spiro atoms. The third-order valence-electron chi connectivity index (χ3n) is 2.66. The van der Waals surface area contributed by atoms with Gasteiger partial charge < -0.3 is 0 Å². The van der Waals surface area contributed by atoms with Crippen LogP contribution in [0.2, 0.25) is 0 Å². The van der Waals surface area contributed by atoms with E-state index in [-0.39, 0.29) is 5.41 Å². The molecule has 0 atom stereocenters. The molecular weight excluding hydrogens is 297 g/mol. The summed E-state index contributed by atoms with van der Waals surface area (Å²) in [5, 5.41) is 0. The summed E-state index contributed by atoms with van der Waals surface area (Å²) in [5.41, 5.74) is 1.02. The summed E-state index contributed by atoms with van der Waals surface area (Å²) in [5.74, 6) is 1.15. The van der Waals surface area contributed by atoms with Crippen molar-refractivity contribution in [2.45, 2.75) is 19.8 Å². The van der Waals surface area contributed by atoms with Gasteiger partial charge >= 0.3 is 0 Å². The molecule has 15 heavy (non-hydrogen) atoms. The molecule has 0 fully saturated rings. The van der Waals surface area contributed by atoms with Crippen molar-refractivity contribution in [1.29, 1.82) is 0 Å². The van der Waals surface area contributed by atoms with Gasteiger partial charge in [-0.15, -0.1) is 23.2 Å². The van der Waals surface area contributed by atoms with Gasteiger partial charge in [0.2, 0.25) is 0 Å². The molecule has 0 bridgehead atoms. The molecular formula is C11H14BrCl2N. The van der Waals surface area contributed by atoms with Gasteiger partial charge in [-0.2, -0.15) is 0 Å². The van der Waals surface area contributed by atoms with Crippen molar-refractivity contribution in [3.05, 3.63) is 28.5 Å². The van der Waals surface area contributed by atoms with Crippen molar-refractivity contribution in [1.82, 2.24) is 4.98 Å². The Morgan fingerprint density at radius 1 is 1.33 bits per heavy atom. The first-order valence-corrected chi connectivity index (χ1v) is 6.74. The van der Waals surface area contributed by atoms with E-state index < -0.39 is 0 Å². The largest absolute Gasteiger partial charge is 0.260 e. The molecule has 1 heterocycles. The van der Waals surface area contributed by atoms with E-state index in [1.165, 1.54) is 0 Å². The van der Waals surface area contributed by atoms with E-state index in [0.29, 0.717) is 11.8 Å². The topological polar surface area (TPSA) is 12.9 Å². The van der Waals surface area contributed by atoms with E-state index >= 15 is 0 Å². The monoisotopic (exact) mass is 309 g/mol. The Labute approximate surface area is 109 Å². The van der Waals surface area contributed by atoms with Crippen LogP contribution in [0.4, 0.5) is 0 Å². The smallest absolute Gasteiger partial charge is 0.0413 e. The van der Waals surface area contributed by atoms with E-state index in [2.05, 4.69) is 27.8 Å². The molecule has 0 unspecified atom stereocenters. The highest BCUT2D eigenvalue weighted by Gasteiger charge is 2.27. The van der Waals surface area contributed by atoms with E-state index in [4.69, 9.17) is 23.2 Å². The van der Waals surface area contributed by atoms with Crippen molar-refractivity contribution in [2.75, 3.05) is 11.8 Å². The Morgan fingerprint density at radius 2 is 2.00 bits per heavy atom. The third kappa shape index (κ3) is 3.61. The van der Waals surface area contributed by atoms with Crippen molar-refractivity contribution in [3.8, 4) is 0 Å². The molecule has 0 N–H and O–H groups in total. The first-order valence-electron chi connectivity index (χ1n) is 4.88. The lowest BCUT2D eigenvalue weighted by atomic mass is 9.84. The van der Waals surface area contributed by atoms with Crippen LogP contribution in [0.25, 0.3) is 0 Å². The fourth-order valence-corrected chi connectivity index (χ4v) is 2.43. The van der Waals surface area contributed by atoms with Crippen molar-refractivity contribution in [3.63, 3.8) is 0 Å². The fourth-order valence-electron chi connectivity index (χ4n) is 1.34. The van der Waals surface area contributed by atoms with Gasteiger partial charge in [0.1, 0.15) is 0 Å². The van der Waals surface area contributed by atoms with Crippen molar-refractivity contribution < 1.29 is 0 Å². The molecule has 0 aliphatic heterocycles. The predicted molar refractivity (Wildman–Crippen MR) is 69.8 cm³/mol. The normalized spacial score (nSPS) is 11.7. The van der Waals surface area contributed by atoms with Gasteiger partial charge in [-0.3, -0.25) is 4.98 Å². The Morgan fingerprint density at radius 3 is 2.40 bits per heavy atom. The zero-order valence-corrected chi connectivity index (χ0v) is 11.7. The average molecular weight is 311 g/mol. The highest BCUT2D eigenvalue weighted by atomic mass is 79.9. The minimum Gasteiger partial charge on any atom is -0.260 e. The maximum absolute atomic E-state index is 5.98. The number of pyridine rings is 1. The lowest BCUT2D eigenvalue weighted by molar-refractivity contribution is 0.358. The minimum atomic E-state index is -0.0239. The maximum atomic E-state index is 5.98. The summed E-state index contributed by atoms with van der Waals surface area (Å²) >= 11 is 15.3. The highest BCUT2D eigenvalue weighted by molar-refractivity contribution is 9.10. The summed E-state index contributed by atoms with van der Waals surface area (Å²) in [7, 11) is 0. The molecule has 84 valence electrons. The molecule has 1 aromatic heterocycles. The van der Waals surface area contributed by atoms with Gasteiger partial charge in [0.05, 0.1) is 0 Å². The summed E-state index contributed by atoms with van der Waals surface area (Å²) in [6.45, 7) is 2.11. The highest BCUT2D eigenvalue weighted by Crippen LogP contribution is 2.29. The summed E-state index contributed by atoms with van der Waals surface area (Å²) in [4.78, 5) is 4.34. The number of hydrogen-bond donors (Lipinski definition) is 0. The average Bonchev–Trinajstić information content (AvgIpc) is 2.29. The zero-order valence-electron chi connectivity index (χ0n) is 8.64. The Balaban J connectivity index is 2.78. The Bertz CT molecular complexity index is 288. The SMILES string of the molecule is CCC(CCl)(CCl)Cc1ccc(Br)cn1. The molecule has 0 amide bonds. The fraction of sp³-hybridized carbons (Fsp3) is 0.545. The number of hydrogen-bond acceptors (Lipinski definition) is 1. The Hall–Kier alpha value is 0.210. The van der Waals surface area contributed by atoms with Gasteiger partial charge in [0.15, 0.2) is 0 Å². The van der Waals surface area contributed by atoms with Crippen molar-refractivity contribution >= 4 is 39.1 Å². The molecule has 0 aliphatic carbocycles. The molecule has 0 aliphatic rings. The second-order valence-electron chi connectivity index (χ2n) is 3.77.